The van der Waals surface area contributed by atoms with Crippen molar-refractivity contribution < 1.29 is 19.4 Å². The van der Waals surface area contributed by atoms with E-state index < -0.39 is 18.1 Å². The first-order valence-corrected chi connectivity index (χ1v) is 9.39. The number of hydrogen-bond acceptors (Lipinski definition) is 3. The number of rotatable bonds is 8. The Morgan fingerprint density at radius 3 is 2.25 bits per heavy atom. The van der Waals surface area contributed by atoms with Gasteiger partial charge >= 0.3 is 12.1 Å². The second-order valence-corrected chi connectivity index (χ2v) is 6.81. The molecule has 0 aromatic heterocycles. The highest BCUT2D eigenvalue weighted by molar-refractivity contribution is 5.81. The van der Waals surface area contributed by atoms with Crippen LogP contribution in [0.5, 0.6) is 0 Å². The van der Waals surface area contributed by atoms with Crippen molar-refractivity contribution >= 4 is 12.1 Å². The van der Waals surface area contributed by atoms with Crippen LogP contribution in [0.1, 0.15) is 42.7 Å². The third-order valence-electron chi connectivity index (χ3n) is 5.00. The van der Waals surface area contributed by atoms with E-state index in [9.17, 15) is 14.7 Å². The van der Waals surface area contributed by atoms with Crippen molar-refractivity contribution in [3.63, 3.8) is 0 Å². The fourth-order valence-corrected chi connectivity index (χ4v) is 3.62. The molecule has 0 heterocycles. The van der Waals surface area contributed by atoms with Gasteiger partial charge in [0.05, 0.1) is 0 Å². The van der Waals surface area contributed by atoms with Gasteiger partial charge in [0.25, 0.3) is 0 Å². The molecule has 1 aliphatic rings. The lowest BCUT2D eigenvalue weighted by Crippen LogP contribution is -2.41. The van der Waals surface area contributed by atoms with Crippen molar-refractivity contribution in [1.29, 1.82) is 0 Å². The molecular formula is C23H23NO4. The number of alkyl carbamates (subject to hydrolysis) is 1. The fourth-order valence-electron chi connectivity index (χ4n) is 3.62. The number of unbranched alkanes of at least 4 members (excludes halogenated alkanes) is 2. The number of aliphatic carboxylic acids is 1. The van der Waals surface area contributed by atoms with Gasteiger partial charge in [0.1, 0.15) is 12.6 Å². The third-order valence-corrected chi connectivity index (χ3v) is 5.00. The third kappa shape index (κ3) is 4.34. The first-order chi connectivity index (χ1) is 13.6. The van der Waals surface area contributed by atoms with Gasteiger partial charge in [-0.25, -0.2) is 9.59 Å². The van der Waals surface area contributed by atoms with Gasteiger partial charge in [-0.1, -0.05) is 48.5 Å². The molecule has 0 bridgehead atoms. The summed E-state index contributed by atoms with van der Waals surface area (Å²) in [5.41, 5.74) is 4.51. The lowest BCUT2D eigenvalue weighted by molar-refractivity contribution is -0.139. The van der Waals surface area contributed by atoms with Gasteiger partial charge in [-0.15, -0.1) is 12.3 Å². The molecule has 0 unspecified atom stereocenters. The molecule has 0 saturated carbocycles. The zero-order chi connectivity index (χ0) is 19.9. The van der Waals surface area contributed by atoms with E-state index in [2.05, 4.69) is 23.4 Å². The van der Waals surface area contributed by atoms with Crippen molar-refractivity contribution in [2.45, 2.75) is 37.6 Å². The number of hydrogen-bond donors (Lipinski definition) is 2. The quantitative estimate of drug-likeness (QED) is 0.535. The van der Waals surface area contributed by atoms with Crippen LogP contribution in [0.4, 0.5) is 4.79 Å². The Morgan fingerprint density at radius 2 is 1.68 bits per heavy atom. The molecule has 2 aromatic carbocycles. The maximum atomic E-state index is 12.2. The standard InChI is InChI=1S/C23H23NO4/c1-2-3-4-5-14-21(22(25)26)24-23(27)28-15-20-18-12-8-6-10-16(18)17-11-7-9-13-19(17)20/h1,6-13,20-21H,3-5,14-15H2,(H,24,27)(H,25,26)/t21-/m0/s1. The van der Waals surface area contributed by atoms with E-state index in [1.807, 2.05) is 36.4 Å². The van der Waals surface area contributed by atoms with Gasteiger partial charge in [0, 0.05) is 12.3 Å². The van der Waals surface area contributed by atoms with E-state index in [0.29, 0.717) is 19.3 Å². The summed E-state index contributed by atoms with van der Waals surface area (Å²) in [6.07, 6.45) is 6.75. The number of fused-ring (bicyclic) bond motifs is 3. The second kappa shape index (κ2) is 9.09. The molecule has 1 atom stereocenters. The van der Waals surface area contributed by atoms with Crippen LogP contribution in [0, 0.1) is 12.3 Å². The summed E-state index contributed by atoms with van der Waals surface area (Å²) in [7, 11) is 0. The monoisotopic (exact) mass is 377 g/mol. The number of carboxylic acids is 1. The summed E-state index contributed by atoms with van der Waals surface area (Å²) in [5.74, 6) is 1.39. The van der Waals surface area contributed by atoms with Crippen LogP contribution in [0.2, 0.25) is 0 Å². The number of carbonyl (C=O) groups excluding carboxylic acids is 1. The lowest BCUT2D eigenvalue weighted by Gasteiger charge is -2.17. The predicted octanol–water partition coefficient (Wildman–Crippen LogP) is 4.17. The van der Waals surface area contributed by atoms with Crippen molar-refractivity contribution in [1.82, 2.24) is 5.32 Å². The zero-order valence-electron chi connectivity index (χ0n) is 15.6. The number of nitrogens with one attached hydrogen (secondary N) is 1. The van der Waals surface area contributed by atoms with Crippen LogP contribution in [0.25, 0.3) is 11.1 Å². The van der Waals surface area contributed by atoms with Gasteiger partial charge in [0.15, 0.2) is 0 Å². The van der Waals surface area contributed by atoms with Gasteiger partial charge in [0.2, 0.25) is 0 Å². The minimum Gasteiger partial charge on any atom is -0.480 e. The van der Waals surface area contributed by atoms with Crippen LogP contribution in [0.15, 0.2) is 48.5 Å². The van der Waals surface area contributed by atoms with E-state index in [-0.39, 0.29) is 12.5 Å². The minimum absolute atomic E-state index is 0.0583. The fraction of sp³-hybridized carbons (Fsp3) is 0.304. The Labute approximate surface area is 164 Å². The molecule has 0 aliphatic heterocycles. The van der Waals surface area contributed by atoms with Gasteiger partial charge in [-0.2, -0.15) is 0 Å². The summed E-state index contributed by atoms with van der Waals surface area (Å²) < 4.78 is 5.40. The Morgan fingerprint density at radius 1 is 1.07 bits per heavy atom. The first kappa shape index (κ1) is 19.5. The molecule has 0 spiro atoms. The molecule has 0 saturated heterocycles. The highest BCUT2D eigenvalue weighted by Crippen LogP contribution is 2.44. The van der Waals surface area contributed by atoms with E-state index in [1.165, 1.54) is 0 Å². The molecule has 28 heavy (non-hydrogen) atoms. The Kier molecular flexibility index (Phi) is 6.33. The molecule has 2 N–H and O–H groups in total. The summed E-state index contributed by atoms with van der Waals surface area (Å²) in [4.78, 5) is 23.6. The van der Waals surface area contributed by atoms with E-state index >= 15 is 0 Å². The van der Waals surface area contributed by atoms with Crippen molar-refractivity contribution in [2.24, 2.45) is 0 Å². The summed E-state index contributed by atoms with van der Waals surface area (Å²) in [6.45, 7) is 0.156. The van der Waals surface area contributed by atoms with Crippen LogP contribution >= 0.6 is 0 Å². The molecular weight excluding hydrogens is 354 g/mol. The number of carboxylic acid groups (broad SMARTS) is 1. The number of carbonyl (C=O) groups is 2. The molecule has 144 valence electrons. The smallest absolute Gasteiger partial charge is 0.407 e. The van der Waals surface area contributed by atoms with Crippen LogP contribution < -0.4 is 5.32 Å². The highest BCUT2D eigenvalue weighted by atomic mass is 16.5. The Balaban J connectivity index is 1.61. The predicted molar refractivity (Wildman–Crippen MR) is 107 cm³/mol. The highest BCUT2D eigenvalue weighted by Gasteiger charge is 2.29. The second-order valence-electron chi connectivity index (χ2n) is 6.81. The average Bonchev–Trinajstić information content (AvgIpc) is 3.02. The summed E-state index contributed by atoms with van der Waals surface area (Å²) in [5, 5.41) is 11.8. The van der Waals surface area contributed by atoms with Crippen molar-refractivity contribution in [3.05, 3.63) is 59.7 Å². The molecule has 5 heteroatoms. The Hall–Kier alpha value is -3.26. The average molecular weight is 377 g/mol. The molecule has 3 rings (SSSR count). The molecule has 5 nitrogen and oxygen atoms in total. The van der Waals surface area contributed by atoms with Crippen LogP contribution in [0.3, 0.4) is 0 Å². The number of ether oxygens (including phenoxy) is 1. The first-order valence-electron chi connectivity index (χ1n) is 9.39. The maximum Gasteiger partial charge on any atom is 0.407 e. The van der Waals surface area contributed by atoms with E-state index in [0.717, 1.165) is 28.7 Å². The van der Waals surface area contributed by atoms with Crippen LogP contribution in [-0.2, 0) is 9.53 Å². The number of terminal acetylenes is 1. The largest absolute Gasteiger partial charge is 0.480 e. The molecule has 0 fully saturated rings. The summed E-state index contributed by atoms with van der Waals surface area (Å²) >= 11 is 0. The minimum atomic E-state index is -1.07. The lowest BCUT2D eigenvalue weighted by atomic mass is 9.98. The van der Waals surface area contributed by atoms with Gasteiger partial charge in [-0.3, -0.25) is 0 Å². The molecule has 1 amide bonds. The van der Waals surface area contributed by atoms with Gasteiger partial charge < -0.3 is 15.2 Å². The number of amides is 1. The zero-order valence-corrected chi connectivity index (χ0v) is 15.6. The van der Waals surface area contributed by atoms with Crippen LogP contribution in [-0.4, -0.2) is 29.8 Å². The molecule has 1 aliphatic carbocycles. The molecule has 2 aromatic rings. The van der Waals surface area contributed by atoms with Crippen molar-refractivity contribution in [3.8, 4) is 23.5 Å². The van der Waals surface area contributed by atoms with E-state index in [4.69, 9.17) is 11.2 Å². The Bertz CT molecular complexity index is 854. The molecule has 0 radical (unpaired) electrons. The summed E-state index contributed by atoms with van der Waals surface area (Å²) in [6, 6.07) is 15.1. The van der Waals surface area contributed by atoms with E-state index in [1.54, 1.807) is 0 Å². The normalized spacial score (nSPS) is 13.1. The van der Waals surface area contributed by atoms with Gasteiger partial charge in [-0.05, 0) is 41.5 Å². The number of benzene rings is 2. The maximum absolute atomic E-state index is 12.2. The van der Waals surface area contributed by atoms with Crippen molar-refractivity contribution in [2.75, 3.05) is 6.61 Å². The SMILES string of the molecule is C#CCCCC[C@H](NC(=O)OCC1c2ccccc2-c2ccccc21)C(=O)O. The topological polar surface area (TPSA) is 75.6 Å².